The first-order chi connectivity index (χ1) is 9.60. The number of anilines is 1. The standard InChI is InChI=1S/C17H21N3/c1-4-7-20-16(18)15(19-17(20)13-5-6-13)14-9-11(2)8-12(3)10-14/h4,8-10,13H,1,5-7,18H2,2-3H3. The second-order valence-corrected chi connectivity index (χ2v) is 5.75. The van der Waals surface area contributed by atoms with Crippen LogP contribution < -0.4 is 5.73 Å². The Bertz CT molecular complexity index is 643. The summed E-state index contributed by atoms with van der Waals surface area (Å²) in [6.07, 6.45) is 4.33. The van der Waals surface area contributed by atoms with Gasteiger partial charge in [0, 0.05) is 18.0 Å². The fraction of sp³-hybridized carbons (Fsp3) is 0.353. The van der Waals surface area contributed by atoms with Gasteiger partial charge in [0.15, 0.2) is 0 Å². The highest BCUT2D eigenvalue weighted by atomic mass is 15.1. The molecule has 2 N–H and O–H groups in total. The third-order valence-electron chi connectivity index (χ3n) is 3.79. The van der Waals surface area contributed by atoms with Gasteiger partial charge in [-0.3, -0.25) is 0 Å². The zero-order valence-corrected chi connectivity index (χ0v) is 12.2. The molecule has 0 radical (unpaired) electrons. The van der Waals surface area contributed by atoms with Crippen LogP contribution in [0.2, 0.25) is 0 Å². The van der Waals surface area contributed by atoms with E-state index in [2.05, 4.69) is 43.2 Å². The van der Waals surface area contributed by atoms with Gasteiger partial charge in [0.25, 0.3) is 0 Å². The van der Waals surface area contributed by atoms with Gasteiger partial charge in [-0.2, -0.15) is 0 Å². The smallest absolute Gasteiger partial charge is 0.132 e. The van der Waals surface area contributed by atoms with E-state index in [4.69, 9.17) is 10.7 Å². The van der Waals surface area contributed by atoms with Crippen molar-refractivity contribution in [2.75, 3.05) is 5.73 Å². The molecule has 0 atom stereocenters. The van der Waals surface area contributed by atoms with Crippen LogP contribution in [0.15, 0.2) is 30.9 Å². The highest BCUT2D eigenvalue weighted by Crippen LogP contribution is 2.42. The Morgan fingerprint density at radius 1 is 1.30 bits per heavy atom. The summed E-state index contributed by atoms with van der Waals surface area (Å²) in [5, 5.41) is 0. The maximum Gasteiger partial charge on any atom is 0.132 e. The number of aryl methyl sites for hydroxylation is 2. The van der Waals surface area contributed by atoms with E-state index < -0.39 is 0 Å². The number of nitrogens with zero attached hydrogens (tertiary/aromatic N) is 2. The molecule has 0 unspecified atom stereocenters. The lowest BCUT2D eigenvalue weighted by Gasteiger charge is -2.06. The van der Waals surface area contributed by atoms with Crippen molar-refractivity contribution in [1.82, 2.24) is 9.55 Å². The largest absolute Gasteiger partial charge is 0.383 e. The summed E-state index contributed by atoms with van der Waals surface area (Å²) >= 11 is 0. The molecule has 1 aromatic carbocycles. The molecule has 1 aliphatic carbocycles. The first kappa shape index (κ1) is 13.0. The van der Waals surface area contributed by atoms with Crippen LogP contribution in [-0.2, 0) is 6.54 Å². The number of rotatable bonds is 4. The first-order valence-electron chi connectivity index (χ1n) is 7.15. The second kappa shape index (κ2) is 4.82. The van der Waals surface area contributed by atoms with E-state index in [0.29, 0.717) is 5.92 Å². The van der Waals surface area contributed by atoms with Gasteiger partial charge >= 0.3 is 0 Å². The molecule has 1 heterocycles. The van der Waals surface area contributed by atoms with E-state index >= 15 is 0 Å². The topological polar surface area (TPSA) is 43.8 Å². The molecule has 1 fully saturated rings. The minimum atomic E-state index is 0.580. The van der Waals surface area contributed by atoms with E-state index in [1.807, 2.05) is 6.08 Å². The van der Waals surface area contributed by atoms with Crippen molar-refractivity contribution in [3.8, 4) is 11.3 Å². The molecule has 3 rings (SSSR count). The predicted molar refractivity (Wildman–Crippen MR) is 83.7 cm³/mol. The van der Waals surface area contributed by atoms with Crippen LogP contribution in [0.4, 0.5) is 5.82 Å². The Kier molecular flexibility index (Phi) is 3.13. The predicted octanol–water partition coefficient (Wildman–Crippen LogP) is 3.81. The van der Waals surface area contributed by atoms with E-state index in [-0.39, 0.29) is 0 Å². The van der Waals surface area contributed by atoms with Crippen molar-refractivity contribution in [1.29, 1.82) is 0 Å². The number of hydrogen-bond donors (Lipinski definition) is 1. The zero-order chi connectivity index (χ0) is 14.3. The Morgan fingerprint density at radius 2 is 1.95 bits per heavy atom. The van der Waals surface area contributed by atoms with Gasteiger partial charge in [-0.25, -0.2) is 4.98 Å². The molecular weight excluding hydrogens is 246 g/mol. The van der Waals surface area contributed by atoms with Crippen LogP contribution in [0.1, 0.15) is 35.7 Å². The SMILES string of the molecule is C=CCn1c(C2CC2)nc(-c2cc(C)cc(C)c2)c1N. The van der Waals surface area contributed by atoms with Crippen molar-refractivity contribution >= 4 is 5.82 Å². The summed E-state index contributed by atoms with van der Waals surface area (Å²) in [6.45, 7) is 8.77. The second-order valence-electron chi connectivity index (χ2n) is 5.75. The van der Waals surface area contributed by atoms with Crippen molar-refractivity contribution in [2.45, 2.75) is 39.2 Å². The summed E-state index contributed by atoms with van der Waals surface area (Å²) in [5.41, 5.74) is 10.9. The number of nitrogen functional groups attached to an aromatic ring is 1. The van der Waals surface area contributed by atoms with Gasteiger partial charge in [-0.05, 0) is 38.8 Å². The van der Waals surface area contributed by atoms with Gasteiger partial charge in [0.2, 0.25) is 0 Å². The number of imidazole rings is 1. The molecule has 3 nitrogen and oxygen atoms in total. The summed E-state index contributed by atoms with van der Waals surface area (Å²) in [5.74, 6) is 2.46. The van der Waals surface area contributed by atoms with Crippen LogP contribution >= 0.6 is 0 Å². The van der Waals surface area contributed by atoms with Crippen LogP contribution in [0.25, 0.3) is 11.3 Å². The van der Waals surface area contributed by atoms with Crippen LogP contribution in [0.5, 0.6) is 0 Å². The van der Waals surface area contributed by atoms with Crippen molar-refractivity contribution in [3.05, 3.63) is 47.8 Å². The number of hydrogen-bond acceptors (Lipinski definition) is 2. The molecule has 1 aliphatic rings. The Labute approximate surface area is 120 Å². The lowest BCUT2D eigenvalue weighted by atomic mass is 10.1. The lowest BCUT2D eigenvalue weighted by molar-refractivity contribution is 0.750. The van der Waals surface area contributed by atoms with Gasteiger partial charge in [-0.1, -0.05) is 23.3 Å². The highest BCUT2D eigenvalue weighted by Gasteiger charge is 2.30. The van der Waals surface area contributed by atoms with Crippen molar-refractivity contribution in [2.24, 2.45) is 0 Å². The maximum absolute atomic E-state index is 6.34. The summed E-state index contributed by atoms with van der Waals surface area (Å²) in [4.78, 5) is 4.83. The fourth-order valence-electron chi connectivity index (χ4n) is 2.78. The van der Waals surface area contributed by atoms with E-state index in [0.717, 1.165) is 29.4 Å². The Hall–Kier alpha value is -2.03. The van der Waals surface area contributed by atoms with Gasteiger partial charge < -0.3 is 10.3 Å². The molecule has 20 heavy (non-hydrogen) atoms. The Morgan fingerprint density at radius 3 is 2.50 bits per heavy atom. The monoisotopic (exact) mass is 267 g/mol. The van der Waals surface area contributed by atoms with E-state index in [9.17, 15) is 0 Å². The molecule has 1 saturated carbocycles. The minimum Gasteiger partial charge on any atom is -0.383 e. The highest BCUT2D eigenvalue weighted by molar-refractivity contribution is 5.72. The van der Waals surface area contributed by atoms with E-state index in [1.54, 1.807) is 0 Å². The molecule has 0 aliphatic heterocycles. The fourth-order valence-corrected chi connectivity index (χ4v) is 2.78. The summed E-state index contributed by atoms with van der Waals surface area (Å²) < 4.78 is 2.11. The minimum absolute atomic E-state index is 0.580. The number of aromatic nitrogens is 2. The van der Waals surface area contributed by atoms with Gasteiger partial charge in [-0.15, -0.1) is 6.58 Å². The third kappa shape index (κ3) is 2.24. The molecular formula is C17H21N3. The average Bonchev–Trinajstić information content (AvgIpc) is 3.16. The van der Waals surface area contributed by atoms with E-state index in [1.165, 1.54) is 24.0 Å². The first-order valence-corrected chi connectivity index (χ1v) is 7.15. The molecule has 3 heteroatoms. The summed E-state index contributed by atoms with van der Waals surface area (Å²) in [7, 11) is 0. The van der Waals surface area contributed by atoms with Gasteiger partial charge in [0.1, 0.15) is 17.3 Å². The van der Waals surface area contributed by atoms with Crippen LogP contribution in [0.3, 0.4) is 0 Å². The van der Waals surface area contributed by atoms with Gasteiger partial charge in [0.05, 0.1) is 0 Å². The summed E-state index contributed by atoms with van der Waals surface area (Å²) in [6, 6.07) is 6.48. The molecule has 104 valence electrons. The van der Waals surface area contributed by atoms with Crippen LogP contribution in [0, 0.1) is 13.8 Å². The normalized spacial score (nSPS) is 14.5. The maximum atomic E-state index is 6.34. The quantitative estimate of drug-likeness (QED) is 0.856. The zero-order valence-electron chi connectivity index (χ0n) is 12.2. The number of benzene rings is 1. The molecule has 0 bridgehead atoms. The lowest BCUT2D eigenvalue weighted by Crippen LogP contribution is -2.05. The molecule has 1 aromatic heterocycles. The molecule has 0 spiro atoms. The molecule has 2 aromatic rings. The average molecular weight is 267 g/mol. The third-order valence-corrected chi connectivity index (χ3v) is 3.79. The number of nitrogens with two attached hydrogens (primary N) is 1. The molecule has 0 saturated heterocycles. The van der Waals surface area contributed by atoms with Crippen molar-refractivity contribution in [3.63, 3.8) is 0 Å². The Balaban J connectivity index is 2.13. The van der Waals surface area contributed by atoms with Crippen LogP contribution in [-0.4, -0.2) is 9.55 Å². The molecule has 0 amide bonds. The van der Waals surface area contributed by atoms with Crippen molar-refractivity contribution < 1.29 is 0 Å². The number of allylic oxidation sites excluding steroid dienone is 1.